The Bertz CT molecular complexity index is 250. The van der Waals surface area contributed by atoms with Gasteiger partial charge in [0, 0.05) is 32.1 Å². The molecule has 0 atom stereocenters. The Labute approximate surface area is 89.9 Å². The molecule has 0 aromatic heterocycles. The van der Waals surface area contributed by atoms with Crippen LogP contribution in [0.4, 0.5) is 0 Å². The van der Waals surface area contributed by atoms with Crippen LogP contribution in [-0.4, -0.2) is 22.3 Å². The van der Waals surface area contributed by atoms with Gasteiger partial charge in [-0.15, -0.1) is 0 Å². The summed E-state index contributed by atoms with van der Waals surface area (Å²) in [6, 6.07) is 9.38. The molecule has 12 heavy (non-hydrogen) atoms. The summed E-state index contributed by atoms with van der Waals surface area (Å²) in [4.78, 5) is 0.436. The molecule has 1 aromatic carbocycles. The zero-order chi connectivity index (χ0) is 8.27. The molecule has 1 aromatic rings. The third kappa shape index (κ3) is 2.97. The van der Waals surface area contributed by atoms with Crippen LogP contribution >= 0.6 is 12.2 Å². The van der Waals surface area contributed by atoms with Crippen LogP contribution in [0.5, 0.6) is 0 Å². The van der Waals surface area contributed by atoms with Gasteiger partial charge in [0.15, 0.2) is 0 Å². The summed E-state index contributed by atoms with van der Waals surface area (Å²) in [5, 5.41) is 9.90. The summed E-state index contributed by atoms with van der Waals surface area (Å²) < 4.78 is 0. The molecule has 0 amide bonds. The molecule has 0 heterocycles. The van der Waals surface area contributed by atoms with Crippen molar-refractivity contribution in [3.05, 3.63) is 35.9 Å². The van der Waals surface area contributed by atoms with Crippen LogP contribution in [0, 0.1) is 0 Å². The van der Waals surface area contributed by atoms with Crippen molar-refractivity contribution in [3.63, 3.8) is 0 Å². The Morgan fingerprint density at radius 2 is 1.83 bits per heavy atom. The molecule has 1 N–H and O–H groups in total. The van der Waals surface area contributed by atoms with E-state index in [1.165, 1.54) is 7.05 Å². The van der Waals surface area contributed by atoms with Gasteiger partial charge in [-0.25, -0.2) is 5.06 Å². The monoisotopic (exact) mass is 231 g/mol. The first-order chi connectivity index (χ1) is 5.22. The van der Waals surface area contributed by atoms with Gasteiger partial charge >= 0.3 is 0 Å². The average molecular weight is 233 g/mol. The Morgan fingerprint density at radius 1 is 1.33 bits per heavy atom. The van der Waals surface area contributed by atoms with Crippen LogP contribution < -0.4 is 0 Å². The molecule has 0 spiro atoms. The van der Waals surface area contributed by atoms with E-state index >= 15 is 0 Å². The van der Waals surface area contributed by atoms with Crippen molar-refractivity contribution < 1.29 is 24.7 Å². The fraction of sp³-hybridized carbons (Fsp3) is 0.125. The second kappa shape index (κ2) is 5.36. The van der Waals surface area contributed by atoms with E-state index in [2.05, 4.69) is 0 Å². The van der Waals surface area contributed by atoms with Crippen LogP contribution in [-0.2, 0) is 19.5 Å². The van der Waals surface area contributed by atoms with Gasteiger partial charge < -0.3 is 0 Å². The number of hydroxylamine groups is 2. The second-order valence-corrected chi connectivity index (χ2v) is 2.58. The van der Waals surface area contributed by atoms with E-state index in [0.29, 0.717) is 4.99 Å². The Balaban J connectivity index is 0.00000121. The van der Waals surface area contributed by atoms with E-state index in [1.807, 2.05) is 30.3 Å². The number of thiocarbonyl (C=S) groups is 1. The van der Waals surface area contributed by atoms with Crippen LogP contribution in [0.25, 0.3) is 0 Å². The fourth-order valence-corrected chi connectivity index (χ4v) is 0.904. The number of rotatable bonds is 1. The number of hydrogen-bond donors (Lipinski definition) is 1. The molecule has 0 radical (unpaired) electrons. The smallest absolute Gasteiger partial charge is 0.133 e. The predicted molar refractivity (Wildman–Crippen MR) is 47.7 cm³/mol. The van der Waals surface area contributed by atoms with E-state index in [4.69, 9.17) is 17.4 Å². The van der Waals surface area contributed by atoms with Crippen LogP contribution in [0.2, 0.25) is 0 Å². The third-order valence-electron chi connectivity index (χ3n) is 1.31. The zero-order valence-corrected chi connectivity index (χ0v) is 10.7. The van der Waals surface area contributed by atoms with Gasteiger partial charge in [0.05, 0.1) is 0 Å². The Hall–Kier alpha value is -0.307. The summed E-state index contributed by atoms with van der Waals surface area (Å²) >= 11 is 4.92. The molecule has 4 heteroatoms. The van der Waals surface area contributed by atoms with Crippen LogP contribution in [0.15, 0.2) is 30.3 Å². The molecular formula is C8H9NOSZn. The minimum absolute atomic E-state index is 0. The molecule has 2 nitrogen and oxygen atoms in total. The van der Waals surface area contributed by atoms with E-state index in [1.54, 1.807) is 0 Å². The minimum Gasteiger partial charge on any atom is -0.288 e. The largest absolute Gasteiger partial charge is 0.288 e. The van der Waals surface area contributed by atoms with Crippen LogP contribution in [0.1, 0.15) is 5.56 Å². The maximum Gasteiger partial charge on any atom is 0.133 e. The summed E-state index contributed by atoms with van der Waals surface area (Å²) in [5.41, 5.74) is 0.854. The summed E-state index contributed by atoms with van der Waals surface area (Å²) in [7, 11) is 1.51. The van der Waals surface area contributed by atoms with E-state index in [0.717, 1.165) is 10.6 Å². The van der Waals surface area contributed by atoms with E-state index in [9.17, 15) is 0 Å². The molecule has 0 fully saturated rings. The maximum atomic E-state index is 8.97. The normalized spacial score (nSPS) is 8.50. The number of nitrogens with zero attached hydrogens (tertiary/aromatic N) is 1. The fourth-order valence-electron chi connectivity index (χ4n) is 0.768. The molecule has 0 aliphatic rings. The summed E-state index contributed by atoms with van der Waals surface area (Å²) in [5.74, 6) is 0. The standard InChI is InChI=1S/C8H9NOS.Zn/c1-9(10)8(11)7-5-3-2-4-6-7;/h2-6,10H,1H3;. The van der Waals surface area contributed by atoms with Gasteiger partial charge in [-0.3, -0.25) is 5.21 Å². The molecule has 0 unspecified atom stereocenters. The Kier molecular flexibility index (Phi) is 5.22. The topological polar surface area (TPSA) is 23.5 Å². The SMILES string of the molecule is CN(O)C(=S)c1ccccc1.[Zn]. The predicted octanol–water partition coefficient (Wildman–Crippen LogP) is 1.68. The molecule has 0 saturated carbocycles. The van der Waals surface area contributed by atoms with Crippen molar-refractivity contribution in [1.29, 1.82) is 0 Å². The van der Waals surface area contributed by atoms with Crippen molar-refractivity contribution in [2.75, 3.05) is 7.05 Å². The Morgan fingerprint density at radius 3 is 2.25 bits per heavy atom. The second-order valence-electron chi connectivity index (χ2n) is 2.19. The van der Waals surface area contributed by atoms with Gasteiger partial charge in [-0.1, -0.05) is 42.5 Å². The first kappa shape index (κ1) is 11.7. The van der Waals surface area contributed by atoms with Crippen molar-refractivity contribution >= 4 is 17.2 Å². The van der Waals surface area contributed by atoms with Gasteiger partial charge in [0.2, 0.25) is 0 Å². The van der Waals surface area contributed by atoms with Gasteiger partial charge in [-0.05, 0) is 0 Å². The van der Waals surface area contributed by atoms with Crippen molar-refractivity contribution in [1.82, 2.24) is 5.06 Å². The minimum atomic E-state index is 0. The number of hydrogen-bond acceptors (Lipinski definition) is 2. The molecular weight excluding hydrogens is 224 g/mol. The molecule has 0 bridgehead atoms. The molecule has 60 valence electrons. The molecule has 0 aliphatic carbocycles. The third-order valence-corrected chi connectivity index (χ3v) is 1.81. The first-order valence-electron chi connectivity index (χ1n) is 3.24. The number of benzene rings is 1. The molecule has 1 rings (SSSR count). The van der Waals surface area contributed by atoms with Crippen molar-refractivity contribution in [3.8, 4) is 0 Å². The molecule has 0 aliphatic heterocycles. The van der Waals surface area contributed by atoms with Gasteiger partial charge in [0.25, 0.3) is 0 Å². The average Bonchev–Trinajstić information content (AvgIpc) is 2.05. The van der Waals surface area contributed by atoms with E-state index in [-0.39, 0.29) is 19.5 Å². The van der Waals surface area contributed by atoms with Crippen molar-refractivity contribution in [2.45, 2.75) is 0 Å². The summed E-state index contributed by atoms with van der Waals surface area (Å²) in [6.45, 7) is 0. The van der Waals surface area contributed by atoms with Gasteiger partial charge in [0.1, 0.15) is 4.99 Å². The maximum absolute atomic E-state index is 8.97. The first-order valence-corrected chi connectivity index (χ1v) is 3.64. The van der Waals surface area contributed by atoms with E-state index < -0.39 is 0 Å². The summed E-state index contributed by atoms with van der Waals surface area (Å²) in [6.07, 6.45) is 0. The van der Waals surface area contributed by atoms with Crippen LogP contribution in [0.3, 0.4) is 0 Å². The quantitative estimate of drug-likeness (QED) is 0.453. The van der Waals surface area contributed by atoms with Crippen molar-refractivity contribution in [2.24, 2.45) is 0 Å². The van der Waals surface area contributed by atoms with Gasteiger partial charge in [-0.2, -0.15) is 0 Å². The zero-order valence-electron chi connectivity index (χ0n) is 6.90. The molecule has 0 saturated heterocycles.